The molecule has 3 heterocycles. The maximum absolute atomic E-state index is 13.4. The molecule has 0 amide bonds. The molecule has 2 N–H and O–H groups in total. The predicted molar refractivity (Wildman–Crippen MR) is 103 cm³/mol. The average Bonchev–Trinajstić information content (AvgIpc) is 2.98. The molecule has 1 atom stereocenters. The third kappa shape index (κ3) is 3.85. The van der Waals surface area contributed by atoms with Crippen LogP contribution in [0.5, 0.6) is 5.88 Å². The van der Waals surface area contributed by atoms with Crippen molar-refractivity contribution in [2.45, 2.75) is 64.0 Å². The fourth-order valence-electron chi connectivity index (χ4n) is 3.78. The number of anilines is 3. The van der Waals surface area contributed by atoms with E-state index in [2.05, 4.69) is 25.7 Å². The number of hydrogen-bond acceptors (Lipinski definition) is 6. The van der Waals surface area contributed by atoms with Crippen LogP contribution in [-0.2, 0) is 0 Å². The molecule has 1 fully saturated rings. The summed E-state index contributed by atoms with van der Waals surface area (Å²) < 4.78 is 34.6. The highest BCUT2D eigenvalue weighted by Crippen LogP contribution is 2.37. The van der Waals surface area contributed by atoms with Crippen molar-refractivity contribution >= 4 is 29.1 Å². The number of ether oxygens (including phenoxy) is 1. The van der Waals surface area contributed by atoms with Gasteiger partial charge in [0.15, 0.2) is 5.82 Å². The van der Waals surface area contributed by atoms with Gasteiger partial charge in [-0.25, -0.2) is 13.8 Å². The van der Waals surface area contributed by atoms with Crippen LogP contribution < -0.4 is 15.4 Å². The summed E-state index contributed by atoms with van der Waals surface area (Å²) in [6.45, 7) is 2.06. The summed E-state index contributed by atoms with van der Waals surface area (Å²) in [4.78, 5) is 8.45. The molecule has 0 saturated heterocycles. The van der Waals surface area contributed by atoms with E-state index in [1.165, 1.54) is 25.5 Å². The summed E-state index contributed by atoms with van der Waals surface area (Å²) in [5, 5.41) is 10.7. The Morgan fingerprint density at radius 2 is 2.04 bits per heavy atom. The third-order valence-electron chi connectivity index (χ3n) is 5.31. The molecule has 1 unspecified atom stereocenters. The number of hydrogen-bond donors (Lipinski definition) is 2. The van der Waals surface area contributed by atoms with Gasteiger partial charge >= 0.3 is 0 Å². The summed E-state index contributed by atoms with van der Waals surface area (Å²) >= 11 is 6.09. The third-order valence-corrected chi connectivity index (χ3v) is 5.59. The molecule has 10 heteroatoms. The minimum atomic E-state index is -2.59. The van der Waals surface area contributed by atoms with Gasteiger partial charge in [-0.05, 0) is 19.8 Å². The lowest BCUT2D eigenvalue weighted by Crippen LogP contribution is -2.30. The predicted octanol–water partition coefficient (Wildman–Crippen LogP) is 4.71. The van der Waals surface area contributed by atoms with Crippen molar-refractivity contribution in [3.8, 4) is 5.88 Å². The highest BCUT2D eigenvalue weighted by atomic mass is 35.5. The van der Waals surface area contributed by atoms with Crippen LogP contribution >= 0.6 is 11.6 Å². The molecule has 152 valence electrons. The van der Waals surface area contributed by atoms with E-state index in [4.69, 9.17) is 16.3 Å². The smallest absolute Gasteiger partial charge is 0.258 e. The van der Waals surface area contributed by atoms with E-state index in [-0.39, 0.29) is 29.8 Å². The Morgan fingerprint density at radius 3 is 2.79 bits per heavy atom. The van der Waals surface area contributed by atoms with Crippen molar-refractivity contribution in [1.82, 2.24) is 19.7 Å². The van der Waals surface area contributed by atoms with Gasteiger partial charge in [0.05, 0.1) is 30.6 Å². The monoisotopic (exact) mass is 412 g/mol. The summed E-state index contributed by atoms with van der Waals surface area (Å²) in [6.07, 6.45) is 4.62. The normalized spacial score (nSPS) is 20.5. The zero-order valence-corrected chi connectivity index (χ0v) is 16.3. The van der Waals surface area contributed by atoms with Crippen molar-refractivity contribution in [3.63, 3.8) is 0 Å². The first kappa shape index (κ1) is 19.2. The Morgan fingerprint density at radius 1 is 1.25 bits per heavy atom. The molecule has 2 bridgehead atoms. The van der Waals surface area contributed by atoms with Gasteiger partial charge in [-0.15, -0.1) is 5.10 Å². The number of fused-ring (bicyclic) bond motifs is 3. The first-order valence-corrected chi connectivity index (χ1v) is 9.97. The largest absolute Gasteiger partial charge is 0.475 e. The van der Waals surface area contributed by atoms with E-state index in [1.54, 1.807) is 0 Å². The second-order valence-electron chi connectivity index (χ2n) is 7.24. The lowest BCUT2D eigenvalue weighted by molar-refractivity contribution is 0.111. The molecule has 28 heavy (non-hydrogen) atoms. The van der Waals surface area contributed by atoms with Gasteiger partial charge in [0, 0.05) is 6.42 Å². The van der Waals surface area contributed by atoms with E-state index in [0.29, 0.717) is 17.6 Å². The van der Waals surface area contributed by atoms with Crippen LogP contribution in [0.3, 0.4) is 0 Å². The van der Waals surface area contributed by atoms with E-state index in [1.807, 2.05) is 11.6 Å². The average molecular weight is 413 g/mol. The maximum atomic E-state index is 13.4. The van der Waals surface area contributed by atoms with Crippen LogP contribution in [0.2, 0.25) is 5.02 Å². The lowest BCUT2D eigenvalue weighted by atomic mass is 9.95. The van der Waals surface area contributed by atoms with Crippen molar-refractivity contribution in [2.24, 2.45) is 0 Å². The van der Waals surface area contributed by atoms with Gasteiger partial charge in [0.25, 0.3) is 12.3 Å². The highest BCUT2D eigenvalue weighted by Gasteiger charge is 2.27. The van der Waals surface area contributed by atoms with Crippen LogP contribution in [0.1, 0.15) is 50.3 Å². The number of nitrogens with one attached hydrogen (secondary N) is 2. The highest BCUT2D eigenvalue weighted by molar-refractivity contribution is 6.32. The molecule has 0 aromatic carbocycles. The molecule has 1 saturated carbocycles. The fourth-order valence-corrected chi connectivity index (χ4v) is 3.92. The van der Waals surface area contributed by atoms with Crippen molar-refractivity contribution < 1.29 is 13.5 Å². The first-order valence-electron chi connectivity index (χ1n) is 9.59. The summed E-state index contributed by atoms with van der Waals surface area (Å²) in [5.74, 6) is 0.807. The van der Waals surface area contributed by atoms with Gasteiger partial charge in [-0.1, -0.05) is 30.9 Å². The van der Waals surface area contributed by atoms with Gasteiger partial charge in [0.2, 0.25) is 5.95 Å². The van der Waals surface area contributed by atoms with E-state index in [0.717, 1.165) is 18.5 Å². The topological polar surface area (TPSA) is 76.9 Å². The summed E-state index contributed by atoms with van der Waals surface area (Å²) in [6, 6.07) is -0.819. The van der Waals surface area contributed by atoms with Crippen molar-refractivity contribution in [3.05, 3.63) is 16.9 Å². The molecule has 2 aromatic rings. The molecular weight excluding hydrogens is 390 g/mol. The van der Waals surface area contributed by atoms with Crippen LogP contribution in [0.4, 0.5) is 26.2 Å². The number of rotatable bonds is 2. The molecule has 1 aliphatic carbocycles. The molecular formula is C18H23ClF2N6O. The van der Waals surface area contributed by atoms with E-state index < -0.39 is 12.5 Å². The summed E-state index contributed by atoms with van der Waals surface area (Å²) in [7, 11) is 0. The first-order chi connectivity index (χ1) is 13.5. The number of halogens is 3. The number of alkyl halides is 2. The molecule has 0 spiro atoms. The van der Waals surface area contributed by atoms with Crippen LogP contribution in [0.15, 0.2) is 6.20 Å². The Balaban J connectivity index is 1.71. The van der Waals surface area contributed by atoms with E-state index in [9.17, 15) is 8.78 Å². The van der Waals surface area contributed by atoms with Gasteiger partial charge in [-0.3, -0.25) is 4.68 Å². The Kier molecular flexibility index (Phi) is 5.52. The minimum absolute atomic E-state index is 0.0854. The Bertz CT molecular complexity index is 840. The second kappa shape index (κ2) is 8.06. The molecule has 7 nitrogen and oxygen atoms in total. The molecule has 1 aliphatic heterocycles. The zero-order valence-electron chi connectivity index (χ0n) is 15.6. The Labute approximate surface area is 166 Å². The zero-order chi connectivity index (χ0) is 19.7. The quantitative estimate of drug-likeness (QED) is 0.743. The number of aromatic nitrogens is 4. The van der Waals surface area contributed by atoms with E-state index >= 15 is 0 Å². The van der Waals surface area contributed by atoms with Crippen LogP contribution in [0.25, 0.3) is 0 Å². The summed E-state index contributed by atoms with van der Waals surface area (Å²) in [5.41, 5.74) is 1.58. The minimum Gasteiger partial charge on any atom is -0.475 e. The van der Waals surface area contributed by atoms with Gasteiger partial charge < -0.3 is 15.4 Å². The lowest BCUT2D eigenvalue weighted by Gasteiger charge is -2.23. The Hall–Kier alpha value is -2.16. The van der Waals surface area contributed by atoms with Gasteiger partial charge in [-0.2, -0.15) is 4.98 Å². The molecule has 0 radical (unpaired) electrons. The van der Waals surface area contributed by atoms with Gasteiger partial charge in [0.1, 0.15) is 10.7 Å². The standard InChI is InChI=1S/C18H23ClF2N6O/c1-10-14-17(26-27(10)11-5-3-2-4-6-11)28-8-7-13(15(20)21)23-16-12(19)9-22-18(24-14)25-16/h9,11,13,15H,2-8H2,1H3,(H2,22,23,24,25). The van der Waals surface area contributed by atoms with Crippen LogP contribution in [-0.4, -0.2) is 38.8 Å². The van der Waals surface area contributed by atoms with Crippen molar-refractivity contribution in [1.29, 1.82) is 0 Å². The number of nitrogens with zero attached hydrogens (tertiary/aromatic N) is 4. The molecule has 4 rings (SSSR count). The fraction of sp³-hybridized carbons (Fsp3) is 0.611. The van der Waals surface area contributed by atoms with Crippen LogP contribution in [0, 0.1) is 6.92 Å². The second-order valence-corrected chi connectivity index (χ2v) is 7.65. The molecule has 2 aliphatic rings. The molecule has 2 aromatic heterocycles. The van der Waals surface area contributed by atoms with Crippen molar-refractivity contribution in [2.75, 3.05) is 17.2 Å². The maximum Gasteiger partial charge on any atom is 0.258 e. The SMILES string of the molecule is Cc1c2c(nn1C1CCCCC1)OCCC(C(F)F)Nc1nc(ncc1Cl)N2.